The van der Waals surface area contributed by atoms with Crippen molar-refractivity contribution in [2.24, 2.45) is 12.0 Å². The van der Waals surface area contributed by atoms with Crippen LogP contribution < -0.4 is 10.6 Å². The van der Waals surface area contributed by atoms with E-state index in [4.69, 9.17) is 0 Å². The first-order valence-electron chi connectivity index (χ1n) is 6.97. The van der Waals surface area contributed by atoms with E-state index in [2.05, 4.69) is 27.9 Å². The van der Waals surface area contributed by atoms with Crippen LogP contribution in [0.25, 0.3) is 0 Å². The van der Waals surface area contributed by atoms with E-state index >= 15 is 0 Å². The van der Waals surface area contributed by atoms with Crippen LogP contribution in [0.2, 0.25) is 0 Å². The summed E-state index contributed by atoms with van der Waals surface area (Å²) in [5, 5.41) is 6.47. The van der Waals surface area contributed by atoms with Gasteiger partial charge in [-0.3, -0.25) is 4.99 Å². The lowest BCUT2D eigenvalue weighted by Gasteiger charge is -2.11. The quantitative estimate of drug-likeness (QED) is 0.447. The third-order valence-corrected chi connectivity index (χ3v) is 3.17. The van der Waals surface area contributed by atoms with E-state index in [1.165, 1.54) is 11.6 Å². The third kappa shape index (κ3) is 6.05. The van der Waals surface area contributed by atoms with Gasteiger partial charge in [-0.05, 0) is 35.7 Å². The zero-order chi connectivity index (χ0) is 15.1. The first-order chi connectivity index (χ1) is 10.2. The zero-order valence-corrected chi connectivity index (χ0v) is 15.2. The van der Waals surface area contributed by atoms with Gasteiger partial charge in [-0.1, -0.05) is 12.1 Å². The maximum absolute atomic E-state index is 13.1. The minimum absolute atomic E-state index is 0. The van der Waals surface area contributed by atoms with Crippen molar-refractivity contribution in [1.29, 1.82) is 0 Å². The topological polar surface area (TPSA) is 41.4 Å². The van der Waals surface area contributed by atoms with Gasteiger partial charge in [-0.15, -0.1) is 24.0 Å². The molecule has 0 amide bonds. The van der Waals surface area contributed by atoms with E-state index in [-0.39, 0.29) is 29.8 Å². The van der Waals surface area contributed by atoms with Gasteiger partial charge in [-0.25, -0.2) is 4.39 Å². The number of nitrogens with one attached hydrogen (secondary N) is 2. The largest absolute Gasteiger partial charge is 0.357 e. The van der Waals surface area contributed by atoms with Crippen LogP contribution in [0.5, 0.6) is 0 Å². The van der Waals surface area contributed by atoms with Crippen molar-refractivity contribution in [3.8, 4) is 0 Å². The zero-order valence-electron chi connectivity index (χ0n) is 12.8. The molecule has 1 heterocycles. The molecule has 1 aromatic carbocycles. The van der Waals surface area contributed by atoms with E-state index in [0.29, 0.717) is 6.54 Å². The predicted molar refractivity (Wildman–Crippen MR) is 99.1 cm³/mol. The summed E-state index contributed by atoms with van der Waals surface area (Å²) in [5.74, 6) is 0.550. The van der Waals surface area contributed by atoms with E-state index in [1.54, 1.807) is 19.2 Å². The number of hydrogen-bond acceptors (Lipinski definition) is 1. The fourth-order valence-corrected chi connectivity index (χ4v) is 2.09. The number of aliphatic imine (C=N–C) groups is 1. The normalized spacial score (nSPS) is 11.0. The number of guanidine groups is 1. The smallest absolute Gasteiger partial charge is 0.191 e. The van der Waals surface area contributed by atoms with Crippen LogP contribution in [0.3, 0.4) is 0 Å². The van der Waals surface area contributed by atoms with Gasteiger partial charge in [0.15, 0.2) is 5.96 Å². The Labute approximate surface area is 147 Å². The Morgan fingerprint density at radius 2 is 2.05 bits per heavy atom. The molecule has 2 rings (SSSR count). The van der Waals surface area contributed by atoms with Crippen molar-refractivity contribution >= 4 is 29.9 Å². The van der Waals surface area contributed by atoms with Gasteiger partial charge >= 0.3 is 0 Å². The summed E-state index contributed by atoms with van der Waals surface area (Å²) < 4.78 is 15.1. The molecule has 0 fully saturated rings. The molecule has 1 aromatic heterocycles. The molecule has 120 valence electrons. The summed E-state index contributed by atoms with van der Waals surface area (Å²) in [5.41, 5.74) is 2.17. The first-order valence-corrected chi connectivity index (χ1v) is 6.97. The lowest BCUT2D eigenvalue weighted by molar-refractivity contribution is 0.625. The Morgan fingerprint density at radius 1 is 1.23 bits per heavy atom. The van der Waals surface area contributed by atoms with Crippen molar-refractivity contribution in [3.63, 3.8) is 0 Å². The van der Waals surface area contributed by atoms with Crippen LogP contribution in [0.15, 0.2) is 47.7 Å². The molecule has 2 aromatic rings. The number of aromatic nitrogens is 1. The molecule has 4 nitrogen and oxygen atoms in total. The molecule has 0 spiro atoms. The van der Waals surface area contributed by atoms with Crippen LogP contribution in [0, 0.1) is 5.82 Å². The highest BCUT2D eigenvalue weighted by Gasteiger charge is 2.00. The molecule has 0 atom stereocenters. The van der Waals surface area contributed by atoms with Crippen LogP contribution in [0.1, 0.15) is 11.1 Å². The van der Waals surface area contributed by atoms with Gasteiger partial charge in [0.25, 0.3) is 0 Å². The molecule has 0 aliphatic carbocycles. The average molecular weight is 416 g/mol. The van der Waals surface area contributed by atoms with Crippen molar-refractivity contribution in [3.05, 3.63) is 59.7 Å². The Morgan fingerprint density at radius 3 is 2.68 bits per heavy atom. The van der Waals surface area contributed by atoms with Crippen LogP contribution in [-0.2, 0) is 20.0 Å². The lowest BCUT2D eigenvalue weighted by atomic mass is 10.1. The van der Waals surface area contributed by atoms with Crippen molar-refractivity contribution < 1.29 is 4.39 Å². The average Bonchev–Trinajstić information content (AvgIpc) is 2.88. The molecular formula is C16H22FIN4. The van der Waals surface area contributed by atoms with Crippen molar-refractivity contribution in [2.75, 3.05) is 13.6 Å². The number of nitrogens with zero attached hydrogens (tertiary/aromatic N) is 2. The molecule has 0 bridgehead atoms. The summed E-state index contributed by atoms with van der Waals surface area (Å²) >= 11 is 0. The number of benzene rings is 1. The maximum Gasteiger partial charge on any atom is 0.191 e. The Bertz CT molecular complexity index is 610. The molecule has 0 aliphatic rings. The van der Waals surface area contributed by atoms with Gasteiger partial charge in [0.1, 0.15) is 5.82 Å². The monoisotopic (exact) mass is 416 g/mol. The second-order valence-electron chi connectivity index (χ2n) is 4.92. The SMILES string of the molecule is CN=C(NCCc1cccc(F)c1)NCc1ccn(C)c1.I. The predicted octanol–water partition coefficient (Wildman–Crippen LogP) is 2.69. The summed E-state index contributed by atoms with van der Waals surface area (Å²) in [4.78, 5) is 4.17. The number of aryl methyl sites for hydroxylation is 1. The fourth-order valence-electron chi connectivity index (χ4n) is 2.09. The van der Waals surface area contributed by atoms with E-state index in [9.17, 15) is 4.39 Å². The maximum atomic E-state index is 13.1. The molecule has 22 heavy (non-hydrogen) atoms. The van der Waals surface area contributed by atoms with Crippen LogP contribution in [-0.4, -0.2) is 24.1 Å². The van der Waals surface area contributed by atoms with Gasteiger partial charge in [0.05, 0.1) is 0 Å². The minimum atomic E-state index is -0.195. The van der Waals surface area contributed by atoms with Gasteiger partial charge in [0.2, 0.25) is 0 Å². The number of halogens is 2. The van der Waals surface area contributed by atoms with Crippen LogP contribution >= 0.6 is 24.0 Å². The second-order valence-corrected chi connectivity index (χ2v) is 4.92. The Kier molecular flexibility index (Phi) is 7.94. The molecule has 0 saturated carbocycles. The minimum Gasteiger partial charge on any atom is -0.357 e. The standard InChI is InChI=1S/C16H21FN4.HI/c1-18-16(20-11-14-7-9-21(2)12-14)19-8-6-13-4-3-5-15(17)10-13;/h3-5,7,9-10,12H,6,8,11H2,1-2H3,(H2,18,19,20);1H. The molecule has 0 aliphatic heterocycles. The van der Waals surface area contributed by atoms with Gasteiger partial charge < -0.3 is 15.2 Å². The second kappa shape index (κ2) is 9.45. The highest BCUT2D eigenvalue weighted by molar-refractivity contribution is 14.0. The highest BCUT2D eigenvalue weighted by atomic mass is 127. The first kappa shape index (κ1) is 18.5. The summed E-state index contributed by atoms with van der Waals surface area (Å²) in [7, 11) is 3.73. The Hall–Kier alpha value is -1.57. The van der Waals surface area contributed by atoms with Crippen molar-refractivity contribution in [2.45, 2.75) is 13.0 Å². The van der Waals surface area contributed by atoms with Gasteiger partial charge in [0, 0.05) is 39.6 Å². The van der Waals surface area contributed by atoms with E-state index in [1.807, 2.05) is 23.9 Å². The fraction of sp³-hybridized carbons (Fsp3) is 0.312. The Balaban J connectivity index is 0.00000242. The molecular weight excluding hydrogens is 394 g/mol. The van der Waals surface area contributed by atoms with Crippen LogP contribution in [0.4, 0.5) is 4.39 Å². The molecule has 0 unspecified atom stereocenters. The van der Waals surface area contributed by atoms with E-state index < -0.39 is 0 Å². The van der Waals surface area contributed by atoms with Gasteiger partial charge in [-0.2, -0.15) is 0 Å². The molecule has 2 N–H and O–H groups in total. The molecule has 0 saturated heterocycles. The number of rotatable bonds is 5. The summed E-state index contributed by atoms with van der Waals surface area (Å²) in [6, 6.07) is 8.73. The summed E-state index contributed by atoms with van der Waals surface area (Å²) in [6.45, 7) is 1.43. The number of hydrogen-bond donors (Lipinski definition) is 2. The summed E-state index contributed by atoms with van der Waals surface area (Å²) in [6.07, 6.45) is 4.83. The lowest BCUT2D eigenvalue weighted by Crippen LogP contribution is -2.37. The third-order valence-electron chi connectivity index (χ3n) is 3.17. The molecule has 0 radical (unpaired) electrons. The highest BCUT2D eigenvalue weighted by Crippen LogP contribution is 2.03. The molecule has 6 heteroatoms. The van der Waals surface area contributed by atoms with E-state index in [0.717, 1.165) is 24.5 Å². The van der Waals surface area contributed by atoms with Crippen molar-refractivity contribution in [1.82, 2.24) is 15.2 Å².